The highest BCUT2D eigenvalue weighted by Crippen LogP contribution is 2.46. The van der Waals surface area contributed by atoms with Crippen LogP contribution < -0.4 is 4.74 Å². The molecule has 0 saturated carbocycles. The van der Waals surface area contributed by atoms with E-state index < -0.39 is 12.1 Å². The average Bonchev–Trinajstić information content (AvgIpc) is 3.31. The van der Waals surface area contributed by atoms with Gasteiger partial charge in [0.2, 0.25) is 0 Å². The molecule has 3 aliphatic rings. The minimum atomic E-state index is -5.08. The van der Waals surface area contributed by atoms with Gasteiger partial charge in [0.15, 0.2) is 0 Å². The lowest BCUT2D eigenvalue weighted by Crippen LogP contribution is -2.63. The zero-order valence-electron chi connectivity index (χ0n) is 15.6. The number of rotatable bonds is 2. The number of hydrogen-bond donors (Lipinski definition) is 1. The van der Waals surface area contributed by atoms with Crippen molar-refractivity contribution in [1.82, 2.24) is 14.8 Å². The van der Waals surface area contributed by atoms with Crippen LogP contribution in [0.3, 0.4) is 0 Å². The maximum absolute atomic E-state index is 12.3. The number of urea groups is 1. The lowest BCUT2D eigenvalue weighted by Gasteiger charge is -2.48. The average molecular weight is 433 g/mol. The predicted molar refractivity (Wildman–Crippen MR) is 99.9 cm³/mol. The van der Waals surface area contributed by atoms with Crippen molar-refractivity contribution in [1.29, 1.82) is 0 Å². The molecule has 1 spiro atoms. The van der Waals surface area contributed by atoms with Crippen molar-refractivity contribution in [3.63, 3.8) is 0 Å². The first-order valence-electron chi connectivity index (χ1n) is 9.23. The molecule has 1 unspecified atom stereocenters. The Bertz CT molecular complexity index is 723. The van der Waals surface area contributed by atoms with Crippen LogP contribution in [0.5, 0.6) is 5.75 Å². The summed E-state index contributed by atoms with van der Waals surface area (Å²) in [6, 6.07) is 4.08. The van der Waals surface area contributed by atoms with Crippen molar-refractivity contribution in [2.75, 3.05) is 31.9 Å². The van der Waals surface area contributed by atoms with E-state index in [-0.39, 0.29) is 16.9 Å². The van der Waals surface area contributed by atoms with Crippen molar-refractivity contribution >= 4 is 23.8 Å². The number of ether oxygens (including phenoxy) is 1. The van der Waals surface area contributed by atoms with E-state index in [9.17, 15) is 18.0 Å². The molecule has 11 heteroatoms. The normalized spacial score (nSPS) is 22.7. The monoisotopic (exact) mass is 433 g/mol. The van der Waals surface area contributed by atoms with Crippen molar-refractivity contribution in [2.24, 2.45) is 0 Å². The molecule has 7 nitrogen and oxygen atoms in total. The van der Waals surface area contributed by atoms with Crippen LogP contribution in [0.15, 0.2) is 24.5 Å². The molecule has 160 valence electrons. The smallest absolute Gasteiger partial charge is 0.488 e. The molecular formula is C18H22F3N3O4S. The predicted octanol–water partition coefficient (Wildman–Crippen LogP) is 2.87. The van der Waals surface area contributed by atoms with Crippen molar-refractivity contribution in [3.8, 4) is 5.75 Å². The molecule has 29 heavy (non-hydrogen) atoms. The SMILES string of the molecule is O=C(N1CCCC1)N1CC2(CC(Oc3cccnc3)CS2)C1.O=C(O)C(F)(F)F. The molecule has 2 amide bonds. The number of aromatic nitrogens is 1. The summed E-state index contributed by atoms with van der Waals surface area (Å²) in [5.41, 5.74) is 0. The quantitative estimate of drug-likeness (QED) is 0.772. The molecule has 0 bridgehead atoms. The molecular weight excluding hydrogens is 411 g/mol. The molecule has 1 N–H and O–H groups in total. The number of pyridine rings is 1. The third-order valence-corrected chi connectivity index (χ3v) is 6.54. The number of amides is 2. The van der Waals surface area contributed by atoms with Gasteiger partial charge in [-0.05, 0) is 25.0 Å². The summed E-state index contributed by atoms with van der Waals surface area (Å²) in [5, 5.41) is 7.12. The first kappa shape index (κ1) is 21.5. The van der Waals surface area contributed by atoms with E-state index in [1.807, 2.05) is 33.7 Å². The summed E-state index contributed by atoms with van der Waals surface area (Å²) in [4.78, 5) is 29.3. The van der Waals surface area contributed by atoms with Crippen LogP contribution in [0.1, 0.15) is 19.3 Å². The van der Waals surface area contributed by atoms with E-state index in [0.29, 0.717) is 0 Å². The zero-order valence-corrected chi connectivity index (χ0v) is 16.4. The number of thioether (sulfide) groups is 1. The second-order valence-corrected chi connectivity index (χ2v) is 8.75. The van der Waals surface area contributed by atoms with E-state index >= 15 is 0 Å². The van der Waals surface area contributed by atoms with Crippen LogP contribution in [0.25, 0.3) is 0 Å². The minimum absolute atomic E-state index is 0.224. The topological polar surface area (TPSA) is 83.0 Å². The Kier molecular flexibility index (Phi) is 6.45. The molecule has 0 aromatic carbocycles. The fraction of sp³-hybridized carbons (Fsp3) is 0.611. The van der Waals surface area contributed by atoms with Crippen molar-refractivity contribution in [2.45, 2.75) is 36.3 Å². The van der Waals surface area contributed by atoms with Gasteiger partial charge in [-0.15, -0.1) is 11.8 Å². The second-order valence-electron chi connectivity index (χ2n) is 7.26. The lowest BCUT2D eigenvalue weighted by molar-refractivity contribution is -0.192. The van der Waals surface area contributed by atoms with Gasteiger partial charge in [0.05, 0.1) is 10.9 Å². The van der Waals surface area contributed by atoms with Crippen molar-refractivity contribution < 1.29 is 32.6 Å². The summed E-state index contributed by atoms with van der Waals surface area (Å²) in [6.45, 7) is 3.62. The summed E-state index contributed by atoms with van der Waals surface area (Å²) < 4.78 is 38.0. The van der Waals surface area contributed by atoms with E-state index in [4.69, 9.17) is 14.6 Å². The first-order chi connectivity index (χ1) is 13.7. The van der Waals surface area contributed by atoms with E-state index in [1.54, 1.807) is 12.4 Å². The van der Waals surface area contributed by atoms with Crippen LogP contribution in [0.4, 0.5) is 18.0 Å². The van der Waals surface area contributed by atoms with Gasteiger partial charge in [-0.2, -0.15) is 13.2 Å². The van der Waals surface area contributed by atoms with E-state index in [2.05, 4.69) is 4.98 Å². The standard InChI is InChI=1S/C16H21N3O2S.C2HF3O2/c20-15(18-6-1-2-7-18)19-11-16(12-19)8-14(10-22-16)21-13-4-3-5-17-9-13;3-2(4,5)1(6)7/h3-5,9,14H,1-2,6-8,10-12H2;(H,6,7). The van der Waals surface area contributed by atoms with Crippen LogP contribution >= 0.6 is 11.8 Å². The lowest BCUT2D eigenvalue weighted by atomic mass is 9.93. The third-order valence-electron chi connectivity index (χ3n) is 4.96. The molecule has 3 fully saturated rings. The van der Waals surface area contributed by atoms with Gasteiger partial charge in [-0.3, -0.25) is 4.98 Å². The Morgan fingerprint density at radius 2 is 1.90 bits per heavy atom. The molecule has 1 atom stereocenters. The first-order valence-corrected chi connectivity index (χ1v) is 10.2. The number of carbonyl (C=O) groups excluding carboxylic acids is 1. The molecule has 0 radical (unpaired) electrons. The third kappa shape index (κ3) is 5.46. The molecule has 1 aromatic rings. The van der Waals surface area contributed by atoms with Crippen LogP contribution in [-0.2, 0) is 4.79 Å². The molecule has 4 rings (SSSR count). The summed E-state index contributed by atoms with van der Waals surface area (Å²) >= 11 is 1.96. The number of carbonyl (C=O) groups is 2. The number of likely N-dealkylation sites (tertiary alicyclic amines) is 2. The highest BCUT2D eigenvalue weighted by Gasteiger charge is 2.52. The number of carboxylic acids is 1. The Morgan fingerprint density at radius 3 is 2.45 bits per heavy atom. The number of alkyl halides is 3. The summed E-state index contributed by atoms with van der Waals surface area (Å²) in [5.74, 6) is -0.914. The summed E-state index contributed by atoms with van der Waals surface area (Å²) in [7, 11) is 0. The fourth-order valence-electron chi connectivity index (χ4n) is 3.60. The number of nitrogens with zero attached hydrogens (tertiary/aromatic N) is 3. The molecule has 1 aromatic heterocycles. The molecule has 3 saturated heterocycles. The number of halogens is 3. The maximum atomic E-state index is 12.3. The minimum Gasteiger partial charge on any atom is -0.488 e. The fourth-order valence-corrected chi connectivity index (χ4v) is 5.12. The Morgan fingerprint density at radius 1 is 1.24 bits per heavy atom. The van der Waals surface area contributed by atoms with Crippen LogP contribution in [0.2, 0.25) is 0 Å². The van der Waals surface area contributed by atoms with Crippen LogP contribution in [0, 0.1) is 0 Å². The van der Waals surface area contributed by atoms with Gasteiger partial charge in [0.1, 0.15) is 11.9 Å². The van der Waals surface area contributed by atoms with Crippen LogP contribution in [-0.4, -0.2) is 80.8 Å². The Hall–Kier alpha value is -2.17. The van der Waals surface area contributed by atoms with E-state index in [1.165, 1.54) is 0 Å². The van der Waals surface area contributed by atoms with Gasteiger partial charge in [-0.25, -0.2) is 9.59 Å². The van der Waals surface area contributed by atoms with Gasteiger partial charge in [-0.1, -0.05) is 0 Å². The number of aliphatic carboxylic acids is 1. The molecule has 0 aliphatic carbocycles. The Balaban J connectivity index is 0.000000298. The molecule has 4 heterocycles. The summed E-state index contributed by atoms with van der Waals surface area (Å²) in [6.07, 6.45) is 2.00. The molecule has 3 aliphatic heterocycles. The maximum Gasteiger partial charge on any atom is 0.490 e. The van der Waals surface area contributed by atoms with Crippen molar-refractivity contribution in [3.05, 3.63) is 24.5 Å². The highest BCUT2D eigenvalue weighted by molar-refractivity contribution is 8.01. The highest BCUT2D eigenvalue weighted by atomic mass is 32.2. The largest absolute Gasteiger partial charge is 0.490 e. The number of carboxylic acid groups (broad SMARTS) is 1. The zero-order chi connectivity index (χ0) is 21.1. The second kappa shape index (κ2) is 8.68. The Labute approximate surface area is 170 Å². The van der Waals surface area contributed by atoms with Gasteiger partial charge in [0.25, 0.3) is 0 Å². The van der Waals surface area contributed by atoms with Gasteiger partial charge >= 0.3 is 18.2 Å². The van der Waals surface area contributed by atoms with Gasteiger partial charge < -0.3 is 19.6 Å². The number of hydrogen-bond acceptors (Lipinski definition) is 5. The van der Waals surface area contributed by atoms with E-state index in [0.717, 1.165) is 56.9 Å². The van der Waals surface area contributed by atoms with Gasteiger partial charge in [0, 0.05) is 44.5 Å².